The largest absolute Gasteiger partial charge is 0.337 e. The second kappa shape index (κ2) is 5.77. The first-order valence-electron chi connectivity index (χ1n) is 7.05. The zero-order valence-corrected chi connectivity index (χ0v) is 14.2. The van der Waals surface area contributed by atoms with Gasteiger partial charge in [0.25, 0.3) is 11.5 Å². The second-order valence-electron chi connectivity index (χ2n) is 5.28. The van der Waals surface area contributed by atoms with Crippen molar-refractivity contribution in [3.8, 4) is 0 Å². The molecule has 0 aliphatic carbocycles. The van der Waals surface area contributed by atoms with Crippen LogP contribution in [0.5, 0.6) is 0 Å². The van der Waals surface area contributed by atoms with Gasteiger partial charge in [-0.05, 0) is 17.7 Å². The molecule has 1 amide bonds. The number of fused-ring (bicyclic) bond motifs is 2. The summed E-state index contributed by atoms with van der Waals surface area (Å²) in [6.07, 6.45) is 2.97. The van der Waals surface area contributed by atoms with Gasteiger partial charge >= 0.3 is 0 Å². The van der Waals surface area contributed by atoms with E-state index in [4.69, 9.17) is 0 Å². The first-order chi connectivity index (χ1) is 11.6. The molecule has 0 saturated carbocycles. The molecule has 0 spiro atoms. The van der Waals surface area contributed by atoms with Crippen LogP contribution >= 0.6 is 23.1 Å². The van der Waals surface area contributed by atoms with E-state index in [1.165, 1.54) is 26.8 Å². The van der Waals surface area contributed by atoms with Gasteiger partial charge in [-0.25, -0.2) is 4.98 Å². The molecule has 4 aromatic rings. The van der Waals surface area contributed by atoms with Crippen molar-refractivity contribution >= 4 is 45.0 Å². The van der Waals surface area contributed by atoms with Gasteiger partial charge in [-0.1, -0.05) is 6.07 Å². The predicted octanol–water partition coefficient (Wildman–Crippen LogP) is 2.03. The highest BCUT2D eigenvalue weighted by Crippen LogP contribution is 2.15. The smallest absolute Gasteiger partial charge is 0.271 e. The fourth-order valence-corrected chi connectivity index (χ4v) is 3.64. The lowest BCUT2D eigenvalue weighted by molar-refractivity contribution is 0.0783. The van der Waals surface area contributed by atoms with E-state index < -0.39 is 0 Å². The molecule has 0 bridgehead atoms. The molecule has 4 rings (SSSR count). The summed E-state index contributed by atoms with van der Waals surface area (Å²) in [5, 5.41) is 1.76. The number of rotatable bonds is 3. The van der Waals surface area contributed by atoms with Crippen LogP contribution in [0.2, 0.25) is 0 Å². The van der Waals surface area contributed by atoms with E-state index in [-0.39, 0.29) is 17.0 Å². The Morgan fingerprint density at radius 1 is 1.29 bits per heavy atom. The molecule has 0 fully saturated rings. The molecule has 3 heterocycles. The van der Waals surface area contributed by atoms with Gasteiger partial charge in [0.1, 0.15) is 16.6 Å². The SMILES string of the molecule is CN(Cc1ccc2nsnc2c1)C(=O)c1cnc2sccn2c1=O. The van der Waals surface area contributed by atoms with Crippen molar-refractivity contribution in [2.45, 2.75) is 6.54 Å². The van der Waals surface area contributed by atoms with E-state index in [1.807, 2.05) is 18.2 Å². The molecule has 0 atom stereocenters. The normalized spacial score (nSPS) is 11.2. The topological polar surface area (TPSA) is 80.5 Å². The van der Waals surface area contributed by atoms with Gasteiger partial charge < -0.3 is 4.90 Å². The molecule has 0 aliphatic heterocycles. The van der Waals surface area contributed by atoms with Gasteiger partial charge in [0.15, 0.2) is 4.96 Å². The number of amides is 1. The van der Waals surface area contributed by atoms with Gasteiger partial charge in [0, 0.05) is 31.4 Å². The Kier molecular flexibility index (Phi) is 3.58. The van der Waals surface area contributed by atoms with Gasteiger partial charge in [0.2, 0.25) is 0 Å². The Morgan fingerprint density at radius 3 is 3.00 bits per heavy atom. The van der Waals surface area contributed by atoms with Crippen molar-refractivity contribution in [1.82, 2.24) is 23.0 Å². The molecule has 0 radical (unpaired) electrons. The maximum atomic E-state index is 12.6. The van der Waals surface area contributed by atoms with Crippen LogP contribution in [-0.2, 0) is 6.54 Å². The van der Waals surface area contributed by atoms with Crippen LogP contribution in [0.4, 0.5) is 0 Å². The van der Waals surface area contributed by atoms with Gasteiger partial charge in [-0.3, -0.25) is 14.0 Å². The molecule has 0 unspecified atom stereocenters. The Bertz CT molecular complexity index is 1110. The molecule has 24 heavy (non-hydrogen) atoms. The Hall–Kier alpha value is -2.65. The number of carbonyl (C=O) groups is 1. The summed E-state index contributed by atoms with van der Waals surface area (Å²) in [6.45, 7) is 0.373. The molecule has 9 heteroatoms. The van der Waals surface area contributed by atoms with E-state index in [1.54, 1.807) is 18.6 Å². The molecule has 3 aromatic heterocycles. The molecule has 1 aromatic carbocycles. The number of hydrogen-bond acceptors (Lipinski definition) is 7. The van der Waals surface area contributed by atoms with Crippen LogP contribution in [0.25, 0.3) is 16.0 Å². The van der Waals surface area contributed by atoms with Crippen molar-refractivity contribution < 1.29 is 4.79 Å². The van der Waals surface area contributed by atoms with E-state index in [2.05, 4.69) is 13.7 Å². The van der Waals surface area contributed by atoms with E-state index >= 15 is 0 Å². The lowest BCUT2D eigenvalue weighted by Gasteiger charge is -2.16. The molecule has 0 aliphatic rings. The summed E-state index contributed by atoms with van der Waals surface area (Å²) in [5.74, 6) is -0.357. The summed E-state index contributed by atoms with van der Waals surface area (Å²) in [5.41, 5.74) is 2.28. The zero-order valence-electron chi connectivity index (χ0n) is 12.5. The molecule has 120 valence electrons. The highest BCUT2D eigenvalue weighted by molar-refractivity contribution is 7.15. The van der Waals surface area contributed by atoms with Gasteiger partial charge in [-0.2, -0.15) is 8.75 Å². The third-order valence-corrected chi connectivity index (χ3v) is 4.99. The average molecular weight is 357 g/mol. The van der Waals surface area contributed by atoms with Crippen molar-refractivity contribution in [2.24, 2.45) is 0 Å². The van der Waals surface area contributed by atoms with E-state index in [0.29, 0.717) is 11.5 Å². The highest BCUT2D eigenvalue weighted by atomic mass is 32.1. The summed E-state index contributed by atoms with van der Waals surface area (Å²) in [7, 11) is 1.66. The number of nitrogens with zero attached hydrogens (tertiary/aromatic N) is 5. The lowest BCUT2D eigenvalue weighted by atomic mass is 10.2. The van der Waals surface area contributed by atoms with Crippen LogP contribution in [0.1, 0.15) is 15.9 Å². The Morgan fingerprint density at radius 2 is 2.12 bits per heavy atom. The lowest BCUT2D eigenvalue weighted by Crippen LogP contribution is -2.32. The first kappa shape index (κ1) is 14.9. The highest BCUT2D eigenvalue weighted by Gasteiger charge is 2.18. The monoisotopic (exact) mass is 357 g/mol. The van der Waals surface area contributed by atoms with Crippen LogP contribution in [-0.4, -0.2) is 36.0 Å². The van der Waals surface area contributed by atoms with Crippen molar-refractivity contribution in [2.75, 3.05) is 7.05 Å². The fourth-order valence-electron chi connectivity index (χ4n) is 2.45. The molecular formula is C15H11N5O2S2. The minimum atomic E-state index is -0.357. The van der Waals surface area contributed by atoms with E-state index in [9.17, 15) is 9.59 Å². The minimum Gasteiger partial charge on any atom is -0.337 e. The van der Waals surface area contributed by atoms with Crippen molar-refractivity contribution in [3.63, 3.8) is 0 Å². The maximum absolute atomic E-state index is 12.6. The molecular weight excluding hydrogens is 346 g/mol. The average Bonchev–Trinajstić information content (AvgIpc) is 3.23. The van der Waals surface area contributed by atoms with Crippen molar-refractivity contribution in [3.05, 3.63) is 57.5 Å². The van der Waals surface area contributed by atoms with Crippen LogP contribution in [0, 0.1) is 0 Å². The van der Waals surface area contributed by atoms with Crippen molar-refractivity contribution in [1.29, 1.82) is 0 Å². The summed E-state index contributed by atoms with van der Waals surface area (Å²) < 4.78 is 9.74. The van der Waals surface area contributed by atoms with Gasteiger partial charge in [-0.15, -0.1) is 11.3 Å². The third-order valence-electron chi connectivity index (χ3n) is 3.66. The number of aromatic nitrogens is 4. The molecule has 7 nitrogen and oxygen atoms in total. The number of carbonyl (C=O) groups excluding carboxylic acids is 1. The van der Waals surface area contributed by atoms with Crippen LogP contribution < -0.4 is 5.56 Å². The summed E-state index contributed by atoms with van der Waals surface area (Å²) in [4.78, 5) is 31.2. The molecule has 0 N–H and O–H groups in total. The standard InChI is InChI=1S/C15H11N5O2S2/c1-19(8-9-2-3-11-12(6-9)18-24-17-11)13(21)10-7-16-15-20(14(10)22)4-5-23-15/h2-7H,8H2,1H3. The maximum Gasteiger partial charge on any atom is 0.271 e. The zero-order chi connectivity index (χ0) is 16.7. The predicted molar refractivity (Wildman–Crippen MR) is 92.6 cm³/mol. The second-order valence-corrected chi connectivity index (χ2v) is 6.68. The summed E-state index contributed by atoms with van der Waals surface area (Å²) in [6, 6.07) is 5.68. The summed E-state index contributed by atoms with van der Waals surface area (Å²) >= 11 is 2.51. The Balaban J connectivity index is 1.62. The fraction of sp³-hybridized carbons (Fsp3) is 0.133. The number of benzene rings is 1. The van der Waals surface area contributed by atoms with Crippen LogP contribution in [0.3, 0.4) is 0 Å². The number of hydrogen-bond donors (Lipinski definition) is 0. The minimum absolute atomic E-state index is 0.0600. The third kappa shape index (κ3) is 2.47. The molecule has 0 saturated heterocycles. The number of thiazole rings is 1. The van der Waals surface area contributed by atoms with Crippen LogP contribution in [0.15, 0.2) is 40.8 Å². The van der Waals surface area contributed by atoms with E-state index in [0.717, 1.165) is 28.3 Å². The Labute approximate surface area is 144 Å². The first-order valence-corrected chi connectivity index (χ1v) is 8.66. The van der Waals surface area contributed by atoms with Gasteiger partial charge in [0.05, 0.1) is 11.7 Å². The quantitative estimate of drug-likeness (QED) is 0.560.